The van der Waals surface area contributed by atoms with Gasteiger partial charge in [0.2, 0.25) is 5.88 Å². The highest BCUT2D eigenvalue weighted by molar-refractivity contribution is 5.93. The number of carbonyl (C=O) groups is 1. The lowest BCUT2D eigenvalue weighted by atomic mass is 10.1. The normalized spacial score (nSPS) is 17.0. The topological polar surface area (TPSA) is 47.4 Å². The molecule has 0 radical (unpaired) electrons. The monoisotopic (exact) mass is 279 g/mol. The van der Waals surface area contributed by atoms with E-state index in [9.17, 15) is 4.79 Å². The molecule has 2 rings (SSSR count). The van der Waals surface area contributed by atoms with Gasteiger partial charge in [-0.3, -0.25) is 4.79 Å². The molecule has 20 heavy (non-hydrogen) atoms. The summed E-state index contributed by atoms with van der Waals surface area (Å²) in [6.45, 7) is 9.94. The smallest absolute Gasteiger partial charge is 0.274 e. The summed E-state index contributed by atoms with van der Waals surface area (Å²) in [5, 5.41) is 4.41. The Hall–Kier alpha value is -1.52. The molecule has 0 aliphatic carbocycles. The Morgan fingerprint density at radius 3 is 2.60 bits per heavy atom. The van der Waals surface area contributed by atoms with E-state index >= 15 is 0 Å². The van der Waals surface area contributed by atoms with E-state index in [-0.39, 0.29) is 18.0 Å². The fourth-order valence-electron chi connectivity index (χ4n) is 2.53. The second-order valence-electron chi connectivity index (χ2n) is 5.52. The van der Waals surface area contributed by atoms with Crippen molar-refractivity contribution in [1.29, 1.82) is 0 Å². The minimum Gasteiger partial charge on any atom is -0.478 e. The van der Waals surface area contributed by atoms with Crippen molar-refractivity contribution < 1.29 is 9.53 Å². The maximum atomic E-state index is 12.8. The summed E-state index contributed by atoms with van der Waals surface area (Å²) in [5.74, 6) is 0.729. The van der Waals surface area contributed by atoms with Gasteiger partial charge in [-0.2, -0.15) is 5.10 Å². The Balaban J connectivity index is 2.24. The van der Waals surface area contributed by atoms with E-state index in [2.05, 4.69) is 32.8 Å². The van der Waals surface area contributed by atoms with Crippen LogP contribution in [0.15, 0.2) is 6.07 Å². The van der Waals surface area contributed by atoms with Gasteiger partial charge in [0.15, 0.2) is 5.69 Å². The molecule has 2 unspecified atom stereocenters. The third-order valence-corrected chi connectivity index (χ3v) is 4.09. The van der Waals surface area contributed by atoms with Gasteiger partial charge in [0, 0.05) is 31.1 Å². The average molecular weight is 279 g/mol. The van der Waals surface area contributed by atoms with Gasteiger partial charge >= 0.3 is 0 Å². The molecule has 0 saturated heterocycles. The third kappa shape index (κ3) is 2.81. The summed E-state index contributed by atoms with van der Waals surface area (Å²) in [7, 11) is 0. The van der Waals surface area contributed by atoms with E-state index in [1.165, 1.54) is 0 Å². The number of ether oxygens (including phenoxy) is 1. The van der Waals surface area contributed by atoms with Crippen LogP contribution in [0.25, 0.3) is 0 Å². The molecule has 5 heteroatoms. The Bertz CT molecular complexity index is 436. The molecule has 1 aromatic heterocycles. The van der Waals surface area contributed by atoms with E-state index in [4.69, 9.17) is 4.74 Å². The minimum atomic E-state index is 0.0131. The van der Waals surface area contributed by atoms with Crippen LogP contribution in [-0.2, 0) is 6.54 Å². The van der Waals surface area contributed by atoms with Gasteiger partial charge in [0.25, 0.3) is 5.91 Å². The van der Waals surface area contributed by atoms with Crippen molar-refractivity contribution in [2.45, 2.75) is 65.6 Å². The number of aryl methyl sites for hydroxylation is 1. The molecule has 1 amide bonds. The van der Waals surface area contributed by atoms with Crippen LogP contribution >= 0.6 is 0 Å². The number of aromatic nitrogens is 2. The standard InChI is InChI=1S/C15H25N3O2/c1-5-11(3)18(12(4)6-2)15(19)13-10-14-17(16-13)8-7-9-20-14/h10-12H,5-9H2,1-4H3. The van der Waals surface area contributed by atoms with Crippen molar-refractivity contribution in [2.24, 2.45) is 0 Å². The molecule has 0 fully saturated rings. The van der Waals surface area contributed by atoms with Crippen LogP contribution in [0, 0.1) is 0 Å². The molecule has 5 nitrogen and oxygen atoms in total. The number of hydrogen-bond acceptors (Lipinski definition) is 3. The zero-order valence-electron chi connectivity index (χ0n) is 12.9. The predicted molar refractivity (Wildman–Crippen MR) is 78.0 cm³/mol. The molecule has 1 aromatic rings. The SMILES string of the molecule is CCC(C)N(C(=O)c1cc2n(n1)CCCO2)C(C)CC. The first-order valence-electron chi connectivity index (χ1n) is 7.61. The summed E-state index contributed by atoms with van der Waals surface area (Å²) in [6, 6.07) is 2.22. The van der Waals surface area contributed by atoms with Gasteiger partial charge in [0.05, 0.1) is 6.61 Å². The van der Waals surface area contributed by atoms with Gasteiger partial charge in [-0.05, 0) is 26.7 Å². The molecule has 1 aliphatic rings. The largest absolute Gasteiger partial charge is 0.478 e. The number of amides is 1. The molecule has 0 aromatic carbocycles. The molecule has 0 N–H and O–H groups in total. The summed E-state index contributed by atoms with van der Waals surface area (Å²) >= 11 is 0. The molecule has 2 atom stereocenters. The molecular weight excluding hydrogens is 254 g/mol. The van der Waals surface area contributed by atoms with Crippen LogP contribution in [0.4, 0.5) is 0 Å². The van der Waals surface area contributed by atoms with Gasteiger partial charge < -0.3 is 9.64 Å². The minimum absolute atomic E-state index is 0.0131. The molecular formula is C15H25N3O2. The number of hydrogen-bond donors (Lipinski definition) is 0. The maximum absolute atomic E-state index is 12.8. The van der Waals surface area contributed by atoms with E-state index in [0.29, 0.717) is 18.2 Å². The second kappa shape index (κ2) is 6.29. The van der Waals surface area contributed by atoms with Gasteiger partial charge in [0.1, 0.15) is 0 Å². The maximum Gasteiger partial charge on any atom is 0.274 e. The molecule has 0 spiro atoms. The van der Waals surface area contributed by atoms with Crippen LogP contribution in [0.3, 0.4) is 0 Å². The van der Waals surface area contributed by atoms with Gasteiger partial charge in [-0.15, -0.1) is 0 Å². The Labute approximate surface area is 120 Å². The van der Waals surface area contributed by atoms with Crippen LogP contribution in [0.5, 0.6) is 5.88 Å². The summed E-state index contributed by atoms with van der Waals surface area (Å²) < 4.78 is 7.33. The van der Waals surface area contributed by atoms with Crippen LogP contribution in [0.1, 0.15) is 57.4 Å². The quantitative estimate of drug-likeness (QED) is 0.832. The fourth-order valence-corrected chi connectivity index (χ4v) is 2.53. The summed E-state index contributed by atoms with van der Waals surface area (Å²) in [6.07, 6.45) is 2.84. The van der Waals surface area contributed by atoms with Crippen molar-refractivity contribution in [1.82, 2.24) is 14.7 Å². The predicted octanol–water partition coefficient (Wildman–Crippen LogP) is 2.70. The van der Waals surface area contributed by atoms with Crippen LogP contribution < -0.4 is 4.74 Å². The van der Waals surface area contributed by atoms with E-state index in [1.807, 2.05) is 4.90 Å². The Kier molecular flexibility index (Phi) is 4.68. The van der Waals surface area contributed by atoms with E-state index in [0.717, 1.165) is 25.8 Å². The number of nitrogens with zero attached hydrogens (tertiary/aromatic N) is 3. The van der Waals surface area contributed by atoms with Crippen LogP contribution in [-0.4, -0.2) is 39.3 Å². The van der Waals surface area contributed by atoms with Crippen molar-refractivity contribution in [3.63, 3.8) is 0 Å². The molecule has 0 bridgehead atoms. The van der Waals surface area contributed by atoms with Gasteiger partial charge in [-0.1, -0.05) is 13.8 Å². The third-order valence-electron chi connectivity index (χ3n) is 4.09. The zero-order valence-corrected chi connectivity index (χ0v) is 12.9. The number of fused-ring (bicyclic) bond motifs is 1. The van der Waals surface area contributed by atoms with E-state index < -0.39 is 0 Å². The van der Waals surface area contributed by atoms with Crippen LogP contribution in [0.2, 0.25) is 0 Å². The molecule has 1 aliphatic heterocycles. The van der Waals surface area contributed by atoms with Gasteiger partial charge in [-0.25, -0.2) is 4.68 Å². The zero-order chi connectivity index (χ0) is 14.7. The highest BCUT2D eigenvalue weighted by Gasteiger charge is 2.28. The number of carbonyl (C=O) groups excluding carboxylic acids is 1. The molecule has 0 saturated carbocycles. The number of rotatable bonds is 5. The lowest BCUT2D eigenvalue weighted by Gasteiger charge is -2.33. The van der Waals surface area contributed by atoms with Crippen molar-refractivity contribution in [2.75, 3.05) is 6.61 Å². The molecule has 2 heterocycles. The highest BCUT2D eigenvalue weighted by Crippen LogP contribution is 2.22. The van der Waals surface area contributed by atoms with Crippen molar-refractivity contribution in [3.05, 3.63) is 11.8 Å². The van der Waals surface area contributed by atoms with Crippen molar-refractivity contribution >= 4 is 5.91 Å². The first kappa shape index (κ1) is 14.9. The lowest BCUT2D eigenvalue weighted by molar-refractivity contribution is 0.0591. The second-order valence-corrected chi connectivity index (χ2v) is 5.52. The first-order valence-corrected chi connectivity index (χ1v) is 7.61. The average Bonchev–Trinajstić information content (AvgIpc) is 2.90. The Morgan fingerprint density at radius 2 is 2.05 bits per heavy atom. The summed E-state index contributed by atoms with van der Waals surface area (Å²) in [5.41, 5.74) is 0.502. The Morgan fingerprint density at radius 1 is 1.40 bits per heavy atom. The highest BCUT2D eigenvalue weighted by atomic mass is 16.5. The van der Waals surface area contributed by atoms with Crippen molar-refractivity contribution in [3.8, 4) is 5.88 Å². The van der Waals surface area contributed by atoms with E-state index in [1.54, 1.807) is 10.7 Å². The fraction of sp³-hybridized carbons (Fsp3) is 0.733. The molecule has 112 valence electrons. The summed E-state index contributed by atoms with van der Waals surface area (Å²) in [4.78, 5) is 14.7. The first-order chi connectivity index (χ1) is 9.58. The lowest BCUT2D eigenvalue weighted by Crippen LogP contribution is -2.44.